The van der Waals surface area contributed by atoms with Gasteiger partial charge in [-0.1, -0.05) is 48.5 Å². The van der Waals surface area contributed by atoms with E-state index in [1.807, 2.05) is 37.4 Å². The molecule has 6 rings (SSSR count). The minimum absolute atomic E-state index is 0.0574. The van der Waals surface area contributed by atoms with Crippen molar-refractivity contribution in [3.63, 3.8) is 0 Å². The van der Waals surface area contributed by atoms with Crippen molar-refractivity contribution in [3.8, 4) is 11.5 Å². The zero-order chi connectivity index (χ0) is 25.5. The lowest BCUT2D eigenvalue weighted by Gasteiger charge is -2.11. The number of fused-ring (bicyclic) bond motifs is 2. The molecule has 0 radical (unpaired) electrons. The average Bonchev–Trinajstić information content (AvgIpc) is 3.60. The van der Waals surface area contributed by atoms with Gasteiger partial charge in [0.1, 0.15) is 0 Å². The van der Waals surface area contributed by atoms with Crippen LogP contribution in [-0.2, 0) is 13.6 Å². The van der Waals surface area contributed by atoms with Crippen LogP contribution in [0.1, 0.15) is 35.2 Å². The smallest absolute Gasteiger partial charge is 0.404 e. The lowest BCUT2D eigenvalue weighted by Crippen LogP contribution is -2.31. The Morgan fingerprint density at radius 2 is 1.76 bits per heavy atom. The quantitative estimate of drug-likeness (QED) is 0.291. The van der Waals surface area contributed by atoms with Gasteiger partial charge in [-0.05, 0) is 55.2 Å². The highest BCUT2D eigenvalue weighted by molar-refractivity contribution is 6.01. The average molecular weight is 493 g/mol. The second-order valence-electron chi connectivity index (χ2n) is 9.88. The maximum absolute atomic E-state index is 13.2. The third-order valence-electron chi connectivity index (χ3n) is 7.52. The van der Waals surface area contributed by atoms with Crippen molar-refractivity contribution in [1.29, 1.82) is 0 Å². The Labute approximate surface area is 214 Å². The van der Waals surface area contributed by atoms with Gasteiger partial charge >= 0.3 is 6.09 Å². The number of aryl methyl sites for hydroxylation is 1. The first-order valence-electron chi connectivity index (χ1n) is 12.6. The Bertz CT molecular complexity index is 1630. The summed E-state index contributed by atoms with van der Waals surface area (Å²) in [6.07, 6.45) is 0.876. The van der Waals surface area contributed by atoms with Crippen molar-refractivity contribution < 1.29 is 14.7 Å². The number of nitrogens with one attached hydrogen (secondary N) is 1. The van der Waals surface area contributed by atoms with Gasteiger partial charge in [0.2, 0.25) is 0 Å². The number of aromatic nitrogens is 3. The highest BCUT2D eigenvalue weighted by atomic mass is 16.4. The monoisotopic (exact) mass is 492 g/mol. The zero-order valence-electron chi connectivity index (χ0n) is 20.6. The fourth-order valence-corrected chi connectivity index (χ4v) is 5.68. The van der Waals surface area contributed by atoms with Gasteiger partial charge in [-0.2, -0.15) is 0 Å². The first-order valence-corrected chi connectivity index (χ1v) is 12.6. The van der Waals surface area contributed by atoms with E-state index in [-0.39, 0.29) is 17.7 Å². The fraction of sp³-hybridized carbons (Fsp3) is 0.233. The minimum atomic E-state index is -1.04. The van der Waals surface area contributed by atoms with Gasteiger partial charge in [-0.3, -0.25) is 4.79 Å². The van der Waals surface area contributed by atoms with Gasteiger partial charge in [0, 0.05) is 42.0 Å². The van der Waals surface area contributed by atoms with E-state index in [9.17, 15) is 9.59 Å². The Hall–Kier alpha value is -4.39. The molecule has 2 heterocycles. The molecule has 186 valence electrons. The number of para-hydroxylation sites is 1. The van der Waals surface area contributed by atoms with E-state index in [1.54, 1.807) is 0 Å². The summed E-state index contributed by atoms with van der Waals surface area (Å²) in [5, 5.41) is 12.7. The number of imidazole rings is 1. The Balaban J connectivity index is 1.37. The summed E-state index contributed by atoms with van der Waals surface area (Å²) in [6.45, 7) is 0.726. The number of carbonyl (C=O) groups is 2. The Morgan fingerprint density at radius 3 is 2.57 bits per heavy atom. The summed E-state index contributed by atoms with van der Waals surface area (Å²) in [5.74, 6) is 0.728. The number of amides is 1. The van der Waals surface area contributed by atoms with Gasteiger partial charge in [0.15, 0.2) is 11.6 Å². The molecule has 1 aliphatic rings. The van der Waals surface area contributed by atoms with Crippen molar-refractivity contribution in [2.24, 2.45) is 13.0 Å². The summed E-state index contributed by atoms with van der Waals surface area (Å²) in [6, 6.07) is 26.5. The number of rotatable bonds is 6. The van der Waals surface area contributed by atoms with E-state index in [2.05, 4.69) is 63.0 Å². The largest absolute Gasteiger partial charge is 0.465 e. The van der Waals surface area contributed by atoms with Crippen LogP contribution in [0.15, 0.2) is 78.9 Å². The molecule has 2 aromatic heterocycles. The third kappa shape index (κ3) is 4.27. The fourth-order valence-electron chi connectivity index (χ4n) is 5.68. The molecule has 1 fully saturated rings. The van der Waals surface area contributed by atoms with Crippen LogP contribution in [0, 0.1) is 5.92 Å². The number of benzene rings is 3. The first-order chi connectivity index (χ1) is 18.0. The molecule has 0 saturated heterocycles. The van der Waals surface area contributed by atoms with Crippen LogP contribution in [0.25, 0.3) is 33.5 Å². The molecule has 2 atom stereocenters. The van der Waals surface area contributed by atoms with Gasteiger partial charge in [-0.25, -0.2) is 9.78 Å². The molecular weight excluding hydrogens is 464 g/mol. The van der Waals surface area contributed by atoms with Crippen molar-refractivity contribution in [3.05, 3.63) is 90.0 Å². The van der Waals surface area contributed by atoms with Crippen LogP contribution in [0.2, 0.25) is 0 Å². The van der Waals surface area contributed by atoms with Crippen LogP contribution >= 0.6 is 0 Å². The lowest BCUT2D eigenvalue weighted by molar-refractivity contribution is 0.0920. The molecule has 1 saturated carbocycles. The Kier molecular flexibility index (Phi) is 5.75. The predicted molar refractivity (Wildman–Crippen MR) is 144 cm³/mol. The SMILES string of the molecule is Cn1c(-c2cc3ccccc3n2Cc2ccccc2)nc2cc(C(=O)C3CCC(NC(=O)O)C3)ccc21. The van der Waals surface area contributed by atoms with Gasteiger partial charge in [0.05, 0.1) is 16.7 Å². The highest BCUT2D eigenvalue weighted by Crippen LogP contribution is 2.33. The van der Waals surface area contributed by atoms with Gasteiger partial charge in [0.25, 0.3) is 0 Å². The van der Waals surface area contributed by atoms with Crippen LogP contribution in [0.3, 0.4) is 0 Å². The molecule has 2 N–H and O–H groups in total. The maximum Gasteiger partial charge on any atom is 0.404 e. The molecule has 2 unspecified atom stereocenters. The van der Waals surface area contributed by atoms with E-state index in [0.717, 1.165) is 40.0 Å². The van der Waals surface area contributed by atoms with Gasteiger partial charge in [-0.15, -0.1) is 0 Å². The molecule has 1 aliphatic carbocycles. The molecule has 5 aromatic rings. The zero-order valence-corrected chi connectivity index (χ0v) is 20.6. The van der Waals surface area contributed by atoms with Crippen LogP contribution in [-0.4, -0.2) is 37.1 Å². The van der Waals surface area contributed by atoms with Gasteiger partial charge < -0.3 is 19.6 Å². The second kappa shape index (κ2) is 9.24. The van der Waals surface area contributed by atoms with E-state index in [0.29, 0.717) is 24.8 Å². The molecule has 0 spiro atoms. The molecule has 0 bridgehead atoms. The van der Waals surface area contributed by atoms with Crippen molar-refractivity contribution >= 4 is 33.8 Å². The summed E-state index contributed by atoms with van der Waals surface area (Å²) >= 11 is 0. The van der Waals surface area contributed by atoms with E-state index in [1.165, 1.54) is 5.56 Å². The number of Topliss-reactive ketones (excluding diaryl/α,β-unsaturated/α-hetero) is 1. The van der Waals surface area contributed by atoms with E-state index in [4.69, 9.17) is 10.1 Å². The summed E-state index contributed by atoms with van der Waals surface area (Å²) in [5.41, 5.74) is 5.75. The molecule has 3 aromatic carbocycles. The maximum atomic E-state index is 13.2. The number of hydrogen-bond donors (Lipinski definition) is 2. The normalized spacial score (nSPS) is 17.4. The topological polar surface area (TPSA) is 89.2 Å². The van der Waals surface area contributed by atoms with Crippen molar-refractivity contribution in [1.82, 2.24) is 19.4 Å². The highest BCUT2D eigenvalue weighted by Gasteiger charge is 2.31. The first kappa shape index (κ1) is 23.0. The Morgan fingerprint density at radius 1 is 0.973 bits per heavy atom. The molecule has 0 aliphatic heterocycles. The summed E-state index contributed by atoms with van der Waals surface area (Å²) in [4.78, 5) is 29.2. The van der Waals surface area contributed by atoms with E-state index < -0.39 is 6.09 Å². The molecule has 7 heteroatoms. The van der Waals surface area contributed by atoms with Crippen LogP contribution in [0.4, 0.5) is 4.79 Å². The van der Waals surface area contributed by atoms with E-state index >= 15 is 0 Å². The number of hydrogen-bond acceptors (Lipinski definition) is 3. The standard InChI is InChI=1S/C30H28N4O3/c1-33-26-14-12-22(28(35)21-11-13-23(15-21)31-30(36)37)16-24(26)32-29(33)27-17-20-9-5-6-10-25(20)34(27)18-19-7-3-2-4-8-19/h2-10,12,14,16-17,21,23,31H,11,13,15,18H2,1H3,(H,36,37). The van der Waals surface area contributed by atoms with Crippen LogP contribution < -0.4 is 5.32 Å². The minimum Gasteiger partial charge on any atom is -0.465 e. The lowest BCUT2D eigenvalue weighted by atomic mass is 9.96. The summed E-state index contributed by atoms with van der Waals surface area (Å²) in [7, 11) is 2.01. The van der Waals surface area contributed by atoms with Crippen molar-refractivity contribution in [2.45, 2.75) is 31.8 Å². The molecule has 37 heavy (non-hydrogen) atoms. The summed E-state index contributed by atoms with van der Waals surface area (Å²) < 4.78 is 4.38. The van der Waals surface area contributed by atoms with Crippen molar-refractivity contribution in [2.75, 3.05) is 0 Å². The third-order valence-corrected chi connectivity index (χ3v) is 7.52. The molecule has 7 nitrogen and oxygen atoms in total. The molecule has 1 amide bonds. The second-order valence-corrected chi connectivity index (χ2v) is 9.88. The van der Waals surface area contributed by atoms with Crippen LogP contribution in [0.5, 0.6) is 0 Å². The number of nitrogens with zero attached hydrogens (tertiary/aromatic N) is 3. The number of carbonyl (C=O) groups excluding carboxylic acids is 1. The molecular formula is C30H28N4O3. The predicted octanol–water partition coefficient (Wildman–Crippen LogP) is 5.86. The number of ketones is 1. The number of carboxylic acid groups (broad SMARTS) is 1.